The maximum Gasteiger partial charge on any atom is 0.401 e. The molecule has 2 aromatic rings. The minimum absolute atomic E-state index is 0.0316. The molecular weight excluding hydrogens is 443 g/mol. The fourth-order valence-electron chi connectivity index (χ4n) is 3.61. The Hall–Kier alpha value is -2.43. The van der Waals surface area contributed by atoms with Gasteiger partial charge in [-0.05, 0) is 36.6 Å². The molecule has 1 fully saturated rings. The van der Waals surface area contributed by atoms with Crippen LogP contribution in [0.25, 0.3) is 0 Å². The smallest absolute Gasteiger partial charge is 0.337 e. The van der Waals surface area contributed by atoms with Gasteiger partial charge in [0.05, 0.1) is 11.4 Å². The largest absolute Gasteiger partial charge is 0.401 e. The minimum atomic E-state index is -4.29. The van der Waals surface area contributed by atoms with Crippen LogP contribution >= 0.6 is 0 Å². The summed E-state index contributed by atoms with van der Waals surface area (Å²) >= 11 is 0. The van der Waals surface area contributed by atoms with Crippen LogP contribution in [0.4, 0.5) is 13.2 Å². The van der Waals surface area contributed by atoms with Crippen LogP contribution in [0.15, 0.2) is 53.4 Å². The van der Waals surface area contributed by atoms with Gasteiger partial charge in [0.2, 0.25) is 10.0 Å². The molecule has 0 spiro atoms. The molecule has 0 aliphatic carbocycles. The molecule has 1 aliphatic heterocycles. The molecule has 1 amide bonds. The lowest BCUT2D eigenvalue weighted by atomic mass is 10.1. The molecule has 0 bridgehead atoms. The Labute approximate surface area is 186 Å². The molecule has 6 nitrogen and oxygen atoms in total. The number of sulfonamides is 1. The molecule has 0 saturated carbocycles. The summed E-state index contributed by atoms with van der Waals surface area (Å²) in [4.78, 5) is 15.8. The van der Waals surface area contributed by atoms with Gasteiger partial charge in [0.1, 0.15) is 0 Å². The van der Waals surface area contributed by atoms with E-state index in [9.17, 15) is 26.4 Å². The second-order valence-electron chi connectivity index (χ2n) is 7.82. The van der Waals surface area contributed by atoms with Gasteiger partial charge in [-0.15, -0.1) is 0 Å². The third kappa shape index (κ3) is 6.54. The molecule has 2 aromatic carbocycles. The molecule has 32 heavy (non-hydrogen) atoms. The second-order valence-corrected chi connectivity index (χ2v) is 9.59. The number of hydrogen-bond donors (Lipinski definition) is 1. The molecule has 0 unspecified atom stereocenters. The fraction of sp³-hybridized carbons (Fsp3) is 0.409. The Morgan fingerprint density at radius 1 is 1.03 bits per heavy atom. The van der Waals surface area contributed by atoms with E-state index in [0.717, 1.165) is 5.56 Å². The summed E-state index contributed by atoms with van der Waals surface area (Å²) in [5.74, 6) is -0.378. The summed E-state index contributed by atoms with van der Waals surface area (Å²) in [7, 11) is -3.85. The van der Waals surface area contributed by atoms with E-state index in [-0.39, 0.29) is 42.5 Å². The highest BCUT2D eigenvalue weighted by atomic mass is 32.2. The van der Waals surface area contributed by atoms with Crippen molar-refractivity contribution in [3.63, 3.8) is 0 Å². The summed E-state index contributed by atoms with van der Waals surface area (Å²) in [6.07, 6.45) is -3.87. The van der Waals surface area contributed by atoms with Crippen LogP contribution in [-0.2, 0) is 16.6 Å². The number of amides is 1. The van der Waals surface area contributed by atoms with Crippen molar-refractivity contribution in [2.24, 2.45) is 0 Å². The molecular formula is C22H26F3N3O3S. The van der Waals surface area contributed by atoms with Gasteiger partial charge in [-0.2, -0.15) is 13.2 Å². The molecule has 0 aromatic heterocycles. The van der Waals surface area contributed by atoms with Crippen molar-refractivity contribution >= 4 is 15.9 Å². The van der Waals surface area contributed by atoms with E-state index in [1.165, 1.54) is 21.9 Å². The molecule has 0 atom stereocenters. The lowest BCUT2D eigenvalue weighted by molar-refractivity contribution is -0.145. The summed E-state index contributed by atoms with van der Waals surface area (Å²) in [6.45, 7) is 1.64. The van der Waals surface area contributed by atoms with Gasteiger partial charge >= 0.3 is 6.18 Å². The van der Waals surface area contributed by atoms with E-state index in [4.69, 9.17) is 0 Å². The van der Waals surface area contributed by atoms with Crippen molar-refractivity contribution in [2.75, 3.05) is 32.7 Å². The summed E-state index contributed by atoms with van der Waals surface area (Å²) in [6, 6.07) is 13.4. The third-order valence-corrected chi connectivity index (χ3v) is 6.74. The summed E-state index contributed by atoms with van der Waals surface area (Å²) in [5, 5.41) is 0. The first-order chi connectivity index (χ1) is 15.0. The minimum Gasteiger partial charge on any atom is -0.337 e. The van der Waals surface area contributed by atoms with Crippen molar-refractivity contribution in [2.45, 2.75) is 31.0 Å². The Kier molecular flexibility index (Phi) is 7.58. The summed E-state index contributed by atoms with van der Waals surface area (Å²) < 4.78 is 66.1. The number of nitrogens with one attached hydrogen (secondary N) is 1. The van der Waals surface area contributed by atoms with E-state index in [2.05, 4.69) is 4.72 Å². The van der Waals surface area contributed by atoms with Crippen molar-refractivity contribution < 1.29 is 26.4 Å². The van der Waals surface area contributed by atoms with E-state index in [1.807, 2.05) is 18.2 Å². The van der Waals surface area contributed by atoms with Gasteiger partial charge in [-0.3, -0.25) is 9.69 Å². The van der Waals surface area contributed by atoms with Crippen molar-refractivity contribution in [1.29, 1.82) is 0 Å². The number of hydrogen-bond acceptors (Lipinski definition) is 4. The number of carbonyl (C=O) groups excluding carboxylic acids is 1. The van der Waals surface area contributed by atoms with E-state index < -0.39 is 22.7 Å². The predicted molar refractivity (Wildman–Crippen MR) is 115 cm³/mol. The fourth-order valence-corrected chi connectivity index (χ4v) is 4.66. The number of aryl methyl sites for hydroxylation is 1. The summed E-state index contributed by atoms with van der Waals surface area (Å²) in [5.41, 5.74) is 1.64. The standard InChI is InChI=1S/C22H26F3N3O3S/c1-17-8-9-19(32(30,31)26-15-18-6-3-2-4-7-18)14-20(17)21(29)28-11-5-10-27(12-13-28)16-22(23,24)25/h2-4,6-9,14,26H,5,10-13,15-16H2,1H3. The van der Waals surface area contributed by atoms with Crippen molar-refractivity contribution in [3.05, 3.63) is 65.2 Å². The van der Waals surface area contributed by atoms with Crippen LogP contribution in [0.5, 0.6) is 0 Å². The normalized spacial score (nSPS) is 16.1. The molecule has 174 valence electrons. The van der Waals surface area contributed by atoms with Crippen molar-refractivity contribution in [3.8, 4) is 0 Å². The van der Waals surface area contributed by atoms with Crippen LogP contribution < -0.4 is 4.72 Å². The van der Waals surface area contributed by atoms with Crippen LogP contribution in [-0.4, -0.2) is 63.0 Å². The zero-order valence-electron chi connectivity index (χ0n) is 17.7. The molecule has 1 heterocycles. The molecule has 10 heteroatoms. The van der Waals surface area contributed by atoms with Crippen LogP contribution in [0, 0.1) is 6.92 Å². The molecule has 1 saturated heterocycles. The molecule has 0 radical (unpaired) electrons. The molecule has 1 aliphatic rings. The van der Waals surface area contributed by atoms with Gasteiger partial charge in [-0.25, -0.2) is 13.1 Å². The van der Waals surface area contributed by atoms with Gasteiger partial charge < -0.3 is 4.90 Å². The Bertz CT molecular complexity index is 1040. The lowest BCUT2D eigenvalue weighted by Gasteiger charge is -2.23. The average molecular weight is 470 g/mol. The van der Waals surface area contributed by atoms with Crippen LogP contribution in [0.3, 0.4) is 0 Å². The molecule has 3 rings (SSSR count). The van der Waals surface area contributed by atoms with Gasteiger partial charge in [0.15, 0.2) is 0 Å². The number of halogens is 3. The van der Waals surface area contributed by atoms with E-state index >= 15 is 0 Å². The first-order valence-electron chi connectivity index (χ1n) is 10.3. The topological polar surface area (TPSA) is 69.7 Å². The van der Waals surface area contributed by atoms with Crippen LogP contribution in [0.1, 0.15) is 27.9 Å². The molecule has 1 N–H and O–H groups in total. The average Bonchev–Trinajstić information content (AvgIpc) is 2.97. The maximum atomic E-state index is 13.1. The van der Waals surface area contributed by atoms with Gasteiger partial charge in [0.25, 0.3) is 5.91 Å². The Balaban J connectivity index is 1.72. The van der Waals surface area contributed by atoms with E-state index in [1.54, 1.807) is 25.1 Å². The number of nitrogens with zero attached hydrogens (tertiary/aromatic N) is 2. The zero-order chi connectivity index (χ0) is 23.4. The van der Waals surface area contributed by atoms with Crippen molar-refractivity contribution in [1.82, 2.24) is 14.5 Å². The SMILES string of the molecule is Cc1ccc(S(=O)(=O)NCc2ccccc2)cc1C(=O)N1CCCN(CC(F)(F)F)CC1. The van der Waals surface area contributed by atoms with E-state index in [0.29, 0.717) is 18.5 Å². The second kappa shape index (κ2) is 10.0. The lowest BCUT2D eigenvalue weighted by Crippen LogP contribution is -2.38. The highest BCUT2D eigenvalue weighted by Gasteiger charge is 2.32. The number of carbonyl (C=O) groups is 1. The monoisotopic (exact) mass is 469 g/mol. The van der Waals surface area contributed by atoms with Gasteiger partial charge in [-0.1, -0.05) is 36.4 Å². The zero-order valence-corrected chi connectivity index (χ0v) is 18.5. The third-order valence-electron chi connectivity index (χ3n) is 5.34. The highest BCUT2D eigenvalue weighted by Crippen LogP contribution is 2.21. The predicted octanol–water partition coefficient (Wildman–Crippen LogP) is 3.18. The number of alkyl halides is 3. The Morgan fingerprint density at radius 2 is 1.75 bits per heavy atom. The maximum absolute atomic E-state index is 13.1. The first kappa shape index (κ1) is 24.2. The number of rotatable bonds is 6. The van der Waals surface area contributed by atoms with Gasteiger partial charge in [0, 0.05) is 38.3 Å². The quantitative estimate of drug-likeness (QED) is 0.706. The Morgan fingerprint density at radius 3 is 2.44 bits per heavy atom. The highest BCUT2D eigenvalue weighted by molar-refractivity contribution is 7.89. The first-order valence-corrected chi connectivity index (χ1v) is 11.8. The number of benzene rings is 2. The van der Waals surface area contributed by atoms with Crippen LogP contribution in [0.2, 0.25) is 0 Å².